The van der Waals surface area contributed by atoms with Crippen molar-refractivity contribution in [2.45, 2.75) is 19.1 Å². The largest absolute Gasteiger partial charge is 0.370 e. The summed E-state index contributed by atoms with van der Waals surface area (Å²) in [6, 6.07) is 24.1. The molecule has 3 aromatic carbocycles. The van der Waals surface area contributed by atoms with E-state index in [1.807, 2.05) is 65.3 Å². The van der Waals surface area contributed by atoms with Crippen LogP contribution in [-0.2, 0) is 17.7 Å². The minimum Gasteiger partial charge on any atom is -0.370 e. The Morgan fingerprint density at radius 3 is 2.70 bits per heavy atom. The molecule has 4 aromatic rings. The molecule has 5 nitrogen and oxygen atoms in total. The molecular formula is C25H23N3O2. The molecule has 5 rings (SSSR count). The smallest absolute Gasteiger partial charge is 0.251 e. The van der Waals surface area contributed by atoms with E-state index < -0.39 is 0 Å². The van der Waals surface area contributed by atoms with Gasteiger partial charge in [-0.1, -0.05) is 60.7 Å². The number of carbonyl (C=O) groups is 1. The number of benzene rings is 3. The lowest BCUT2D eigenvalue weighted by Crippen LogP contribution is -2.31. The first kappa shape index (κ1) is 18.6. The van der Waals surface area contributed by atoms with Crippen molar-refractivity contribution in [3.8, 4) is 0 Å². The van der Waals surface area contributed by atoms with E-state index in [4.69, 9.17) is 9.84 Å². The molecule has 1 atom stereocenters. The molecule has 1 aliphatic rings. The van der Waals surface area contributed by atoms with Crippen LogP contribution in [0.2, 0.25) is 0 Å². The van der Waals surface area contributed by atoms with Crippen LogP contribution in [0, 0.1) is 0 Å². The first-order valence-electron chi connectivity index (χ1n) is 10.2. The van der Waals surface area contributed by atoms with Crippen LogP contribution in [0.3, 0.4) is 0 Å². The van der Waals surface area contributed by atoms with Gasteiger partial charge in [-0.05, 0) is 40.5 Å². The van der Waals surface area contributed by atoms with E-state index in [2.05, 4.69) is 23.6 Å². The third-order valence-corrected chi connectivity index (χ3v) is 5.51. The lowest BCUT2D eigenvalue weighted by molar-refractivity contribution is 0.0383. The summed E-state index contributed by atoms with van der Waals surface area (Å²) in [5, 5.41) is 9.96. The highest BCUT2D eigenvalue weighted by Crippen LogP contribution is 2.25. The molecule has 1 amide bonds. The molecule has 150 valence electrons. The maximum atomic E-state index is 12.7. The summed E-state index contributed by atoms with van der Waals surface area (Å²) >= 11 is 0. The van der Waals surface area contributed by atoms with Crippen LogP contribution in [0.5, 0.6) is 0 Å². The third-order valence-electron chi connectivity index (χ3n) is 5.51. The van der Waals surface area contributed by atoms with Crippen LogP contribution in [0.25, 0.3) is 10.8 Å². The average Bonchev–Trinajstić information content (AvgIpc) is 3.20. The summed E-state index contributed by atoms with van der Waals surface area (Å²) < 4.78 is 7.90. The van der Waals surface area contributed by atoms with Crippen molar-refractivity contribution in [2.75, 3.05) is 13.2 Å². The van der Waals surface area contributed by atoms with Crippen molar-refractivity contribution in [1.82, 2.24) is 15.1 Å². The van der Waals surface area contributed by atoms with E-state index in [1.165, 1.54) is 11.1 Å². The zero-order valence-corrected chi connectivity index (χ0v) is 16.6. The van der Waals surface area contributed by atoms with E-state index in [-0.39, 0.29) is 12.0 Å². The summed E-state index contributed by atoms with van der Waals surface area (Å²) in [4.78, 5) is 12.7. The number of ether oxygens (including phenoxy) is 1. The number of hydrogen-bond donors (Lipinski definition) is 1. The second kappa shape index (κ2) is 8.13. The van der Waals surface area contributed by atoms with Gasteiger partial charge >= 0.3 is 0 Å². The van der Waals surface area contributed by atoms with Gasteiger partial charge < -0.3 is 10.1 Å². The van der Waals surface area contributed by atoms with Gasteiger partial charge in [-0.2, -0.15) is 5.10 Å². The normalized spacial score (nSPS) is 15.7. The van der Waals surface area contributed by atoms with E-state index in [1.54, 1.807) is 0 Å². The monoisotopic (exact) mass is 397 g/mol. The first-order chi connectivity index (χ1) is 14.8. The first-order valence-corrected chi connectivity index (χ1v) is 10.2. The number of nitrogens with one attached hydrogen (secondary N) is 1. The molecule has 0 saturated carbocycles. The SMILES string of the molecule is O=C(NCC1OCCc2cn(Cc3ccccc3)nc21)c1ccc2ccccc2c1. The Morgan fingerprint density at radius 2 is 1.83 bits per heavy atom. The van der Waals surface area contributed by atoms with Gasteiger partial charge in [0.1, 0.15) is 6.10 Å². The van der Waals surface area contributed by atoms with E-state index in [0.29, 0.717) is 18.7 Å². The number of aromatic nitrogens is 2. The van der Waals surface area contributed by atoms with Crippen LogP contribution < -0.4 is 5.32 Å². The van der Waals surface area contributed by atoms with Crippen molar-refractivity contribution in [1.29, 1.82) is 0 Å². The quantitative estimate of drug-likeness (QED) is 0.551. The summed E-state index contributed by atoms with van der Waals surface area (Å²) in [7, 11) is 0. The van der Waals surface area contributed by atoms with Crippen LogP contribution in [0.4, 0.5) is 0 Å². The zero-order chi connectivity index (χ0) is 20.3. The predicted octanol–water partition coefficient (Wildman–Crippen LogP) is 4.13. The Balaban J connectivity index is 1.28. The van der Waals surface area contributed by atoms with Gasteiger partial charge in [-0.25, -0.2) is 0 Å². The van der Waals surface area contributed by atoms with Crippen molar-refractivity contribution in [3.05, 3.63) is 101 Å². The fraction of sp³-hybridized carbons (Fsp3) is 0.200. The second-order valence-corrected chi connectivity index (χ2v) is 7.60. The van der Waals surface area contributed by atoms with Crippen molar-refractivity contribution in [2.24, 2.45) is 0 Å². The zero-order valence-electron chi connectivity index (χ0n) is 16.6. The minimum absolute atomic E-state index is 0.0970. The third kappa shape index (κ3) is 3.84. The van der Waals surface area contributed by atoms with E-state index in [0.717, 1.165) is 29.4 Å². The van der Waals surface area contributed by atoms with Gasteiger partial charge in [-0.15, -0.1) is 0 Å². The fourth-order valence-electron chi connectivity index (χ4n) is 3.96. The van der Waals surface area contributed by atoms with Crippen LogP contribution in [-0.4, -0.2) is 28.8 Å². The highest BCUT2D eigenvalue weighted by Gasteiger charge is 2.25. The second-order valence-electron chi connectivity index (χ2n) is 7.60. The summed E-state index contributed by atoms with van der Waals surface area (Å²) in [6.45, 7) is 1.77. The predicted molar refractivity (Wildman–Crippen MR) is 116 cm³/mol. The molecule has 1 aromatic heterocycles. The lowest BCUT2D eigenvalue weighted by atomic mass is 10.1. The Hall–Kier alpha value is -3.44. The maximum absolute atomic E-state index is 12.7. The molecule has 0 spiro atoms. The molecule has 1 unspecified atom stereocenters. The van der Waals surface area contributed by atoms with Gasteiger partial charge in [0, 0.05) is 18.3 Å². The Bertz CT molecular complexity index is 1180. The molecule has 0 fully saturated rings. The van der Waals surface area contributed by atoms with Gasteiger partial charge in [0.2, 0.25) is 0 Å². The van der Waals surface area contributed by atoms with Crippen molar-refractivity contribution < 1.29 is 9.53 Å². The Kier molecular flexibility index (Phi) is 5.03. The summed E-state index contributed by atoms with van der Waals surface area (Å²) in [5.74, 6) is -0.0970. The van der Waals surface area contributed by atoms with Crippen LogP contribution in [0.1, 0.15) is 33.3 Å². The molecule has 2 heterocycles. The van der Waals surface area contributed by atoms with E-state index >= 15 is 0 Å². The number of rotatable bonds is 5. The molecule has 1 aliphatic heterocycles. The van der Waals surface area contributed by atoms with Crippen LogP contribution >= 0.6 is 0 Å². The molecule has 0 aliphatic carbocycles. The number of amides is 1. The van der Waals surface area contributed by atoms with Gasteiger partial charge in [0.15, 0.2) is 0 Å². The molecule has 5 heteroatoms. The summed E-state index contributed by atoms with van der Waals surface area (Å²) in [5.41, 5.74) is 3.98. The minimum atomic E-state index is -0.227. The highest BCUT2D eigenvalue weighted by molar-refractivity contribution is 5.98. The van der Waals surface area contributed by atoms with E-state index in [9.17, 15) is 4.79 Å². The topological polar surface area (TPSA) is 56.1 Å². The molecule has 30 heavy (non-hydrogen) atoms. The number of nitrogens with zero attached hydrogens (tertiary/aromatic N) is 2. The lowest BCUT2D eigenvalue weighted by Gasteiger charge is -2.22. The number of carbonyl (C=O) groups excluding carboxylic acids is 1. The van der Waals surface area contributed by atoms with Crippen molar-refractivity contribution in [3.63, 3.8) is 0 Å². The van der Waals surface area contributed by atoms with Gasteiger partial charge in [-0.3, -0.25) is 9.48 Å². The van der Waals surface area contributed by atoms with Gasteiger partial charge in [0.05, 0.1) is 18.8 Å². The molecular weight excluding hydrogens is 374 g/mol. The average molecular weight is 397 g/mol. The molecule has 1 N–H and O–H groups in total. The maximum Gasteiger partial charge on any atom is 0.251 e. The Labute approximate surface area is 175 Å². The van der Waals surface area contributed by atoms with Gasteiger partial charge in [0.25, 0.3) is 5.91 Å². The van der Waals surface area contributed by atoms with Crippen LogP contribution in [0.15, 0.2) is 79.0 Å². The van der Waals surface area contributed by atoms with Crippen molar-refractivity contribution >= 4 is 16.7 Å². The number of hydrogen-bond acceptors (Lipinski definition) is 3. The highest BCUT2D eigenvalue weighted by atomic mass is 16.5. The fourth-order valence-corrected chi connectivity index (χ4v) is 3.96. The standard InChI is InChI=1S/C25H23N3O2/c29-25(21-11-10-19-8-4-5-9-20(19)14-21)26-15-23-24-22(12-13-30-23)17-28(27-24)16-18-6-2-1-3-7-18/h1-11,14,17,23H,12-13,15-16H2,(H,26,29). The molecule has 0 bridgehead atoms. The molecule has 0 radical (unpaired) electrons. The summed E-state index contributed by atoms with van der Waals surface area (Å²) in [6.07, 6.45) is 2.72. The number of fused-ring (bicyclic) bond motifs is 2. The Morgan fingerprint density at radius 1 is 1.03 bits per heavy atom. The molecule has 0 saturated heterocycles.